The first-order chi connectivity index (χ1) is 16.5. The van der Waals surface area contributed by atoms with Crippen molar-refractivity contribution in [3.05, 3.63) is 33.0 Å². The number of ketones is 1. The van der Waals surface area contributed by atoms with E-state index >= 15 is 4.39 Å². The Labute approximate surface area is 214 Å². The Morgan fingerprint density at radius 2 is 2.03 bits per heavy atom. The van der Waals surface area contributed by atoms with Gasteiger partial charge in [-0.05, 0) is 19.8 Å². The monoisotopic (exact) mass is 529 g/mol. The molecular formula is C25H33ClFNO6S. The second kappa shape index (κ2) is 12.1. The minimum Gasteiger partial charge on any atom is -0.455 e. The number of aryl methyl sites for hydroxylation is 1. The highest BCUT2D eigenvalue weighted by atomic mass is 35.5. The van der Waals surface area contributed by atoms with Crippen LogP contribution in [0.25, 0.3) is 6.08 Å². The van der Waals surface area contributed by atoms with Gasteiger partial charge < -0.3 is 19.7 Å². The quantitative estimate of drug-likeness (QED) is 0.549. The second-order valence-corrected chi connectivity index (χ2v) is 11.1. The first kappa shape index (κ1) is 27.9. The molecule has 0 radical (unpaired) electrons. The molecule has 1 spiro atoms. The fraction of sp³-hybridized carbons (Fsp3) is 0.640. The van der Waals surface area contributed by atoms with E-state index < -0.39 is 47.9 Å². The zero-order chi connectivity index (χ0) is 25.8. The van der Waals surface area contributed by atoms with Crippen molar-refractivity contribution in [2.24, 2.45) is 17.3 Å². The summed E-state index contributed by atoms with van der Waals surface area (Å²) in [6.45, 7) is 5.39. The van der Waals surface area contributed by atoms with Gasteiger partial charge in [-0.2, -0.15) is 0 Å². The Morgan fingerprint density at radius 1 is 1.31 bits per heavy atom. The summed E-state index contributed by atoms with van der Waals surface area (Å²) >= 11 is 7.59. The number of rotatable bonds is 2. The number of halogens is 2. The van der Waals surface area contributed by atoms with Crippen LogP contribution in [0, 0.1) is 24.2 Å². The maximum absolute atomic E-state index is 15.1. The van der Waals surface area contributed by atoms with E-state index in [1.165, 1.54) is 23.5 Å². The fourth-order valence-corrected chi connectivity index (χ4v) is 5.33. The molecule has 0 saturated heterocycles. The van der Waals surface area contributed by atoms with Crippen molar-refractivity contribution in [3.63, 3.8) is 0 Å². The summed E-state index contributed by atoms with van der Waals surface area (Å²) in [5.41, 5.74) is -0.713. The molecule has 1 aromatic rings. The van der Waals surface area contributed by atoms with Crippen LogP contribution in [0.5, 0.6) is 0 Å². The van der Waals surface area contributed by atoms with Gasteiger partial charge in [-0.15, -0.1) is 11.3 Å². The number of esters is 1. The van der Waals surface area contributed by atoms with Crippen molar-refractivity contribution < 1.29 is 33.7 Å². The van der Waals surface area contributed by atoms with Gasteiger partial charge in [-0.1, -0.05) is 37.9 Å². The average Bonchev–Trinajstić information content (AvgIpc) is 3.18. The smallest absolute Gasteiger partial charge is 0.309 e. The minimum atomic E-state index is -1.29. The lowest BCUT2D eigenvalue weighted by atomic mass is 9.59. The summed E-state index contributed by atoms with van der Waals surface area (Å²) in [5.74, 6) is -2.93. The molecule has 3 rings (SSSR count). The Kier molecular flexibility index (Phi) is 9.62. The highest BCUT2D eigenvalue weighted by Crippen LogP contribution is 2.48. The zero-order valence-electron chi connectivity index (χ0n) is 20.2. The zero-order valence-corrected chi connectivity index (χ0v) is 21.8. The van der Waals surface area contributed by atoms with Crippen LogP contribution < -0.4 is 0 Å². The van der Waals surface area contributed by atoms with Gasteiger partial charge in [-0.3, -0.25) is 9.59 Å². The van der Waals surface area contributed by atoms with Crippen LogP contribution in [0.1, 0.15) is 56.7 Å². The molecule has 0 unspecified atom stereocenters. The third-order valence-electron chi connectivity index (χ3n) is 6.92. The highest BCUT2D eigenvalue weighted by Gasteiger charge is 2.52. The largest absolute Gasteiger partial charge is 0.455 e. The minimum absolute atomic E-state index is 0.0286. The maximum Gasteiger partial charge on any atom is 0.309 e. The van der Waals surface area contributed by atoms with E-state index in [2.05, 4.69) is 4.98 Å². The third kappa shape index (κ3) is 6.77. The van der Waals surface area contributed by atoms with Crippen LogP contribution in [0.3, 0.4) is 0 Å². The van der Waals surface area contributed by atoms with Crippen molar-refractivity contribution in [2.45, 2.75) is 71.2 Å². The Balaban J connectivity index is 1.87. The first-order valence-corrected chi connectivity index (χ1v) is 13.1. The van der Waals surface area contributed by atoms with Gasteiger partial charge >= 0.3 is 5.97 Å². The molecule has 0 amide bonds. The maximum atomic E-state index is 15.1. The number of hydrogen-bond donors (Lipinski definition) is 2. The van der Waals surface area contributed by atoms with E-state index in [1.807, 2.05) is 0 Å². The van der Waals surface area contributed by atoms with Crippen LogP contribution in [0.4, 0.5) is 4.39 Å². The summed E-state index contributed by atoms with van der Waals surface area (Å²) in [6, 6.07) is 0. The molecule has 10 heteroatoms. The lowest BCUT2D eigenvalue weighted by Gasteiger charge is -2.46. The van der Waals surface area contributed by atoms with Crippen molar-refractivity contribution in [3.8, 4) is 0 Å². The molecule has 0 bridgehead atoms. The van der Waals surface area contributed by atoms with Gasteiger partial charge in [-0.25, -0.2) is 9.37 Å². The molecule has 1 aliphatic carbocycles. The van der Waals surface area contributed by atoms with Crippen molar-refractivity contribution >= 4 is 40.8 Å². The van der Waals surface area contributed by atoms with E-state index in [0.717, 1.165) is 11.4 Å². The van der Waals surface area contributed by atoms with Crippen molar-refractivity contribution in [1.29, 1.82) is 0 Å². The van der Waals surface area contributed by atoms with Gasteiger partial charge in [0.15, 0.2) is 6.10 Å². The summed E-state index contributed by atoms with van der Waals surface area (Å²) in [5, 5.41) is 24.4. The number of Topliss-reactive ketones (excluding diaryl/α,β-unsaturated/α-hetero) is 1. The second-order valence-electron chi connectivity index (χ2n) is 9.55. The van der Waals surface area contributed by atoms with E-state index in [0.29, 0.717) is 18.5 Å². The Morgan fingerprint density at radius 3 is 2.63 bits per heavy atom. The third-order valence-corrected chi connectivity index (χ3v) is 7.98. The van der Waals surface area contributed by atoms with Crippen LogP contribution in [-0.4, -0.2) is 58.5 Å². The fourth-order valence-electron chi connectivity index (χ4n) is 4.60. The predicted molar refractivity (Wildman–Crippen MR) is 131 cm³/mol. The summed E-state index contributed by atoms with van der Waals surface area (Å²) in [7, 11) is 0. The predicted octanol–water partition coefficient (Wildman–Crippen LogP) is 4.34. The number of hydrogen-bond acceptors (Lipinski definition) is 8. The number of carbonyl (C=O) groups is 2. The number of thiazole rings is 1. The molecule has 2 aliphatic rings. The standard InChI is InChI=1S/C25H33ClFNO6S/c1-14-11-33-12-17(26)5-6-20(19(27)9-18-13-35-16(3)28-18)34-22(30)10-21(29)25(7-4-8-25)24(32)15(2)23(14)31/h5,9,13-15,20-21,23,29,31H,4,6-8,10-12H2,1-3H3/b17-5+,19-9-/t14-,15+,20-,21-,23-/m0/s1. The number of aliphatic hydroxyl groups is 2. The topological polar surface area (TPSA) is 106 Å². The van der Waals surface area contributed by atoms with E-state index in [-0.39, 0.29) is 36.4 Å². The highest BCUT2D eigenvalue weighted by molar-refractivity contribution is 7.09. The molecule has 7 nitrogen and oxygen atoms in total. The summed E-state index contributed by atoms with van der Waals surface area (Å²) < 4.78 is 26.1. The number of nitrogens with zero attached hydrogens (tertiary/aromatic N) is 1. The van der Waals surface area contributed by atoms with E-state index in [1.54, 1.807) is 26.2 Å². The van der Waals surface area contributed by atoms with Crippen LogP contribution in [0.15, 0.2) is 22.3 Å². The number of carbonyl (C=O) groups excluding carboxylic acids is 2. The van der Waals surface area contributed by atoms with Crippen LogP contribution in [0.2, 0.25) is 0 Å². The molecule has 2 N–H and O–H groups in total. The molecule has 5 atom stereocenters. The molecule has 2 heterocycles. The summed E-state index contributed by atoms with van der Waals surface area (Å²) in [4.78, 5) is 30.3. The van der Waals surface area contributed by atoms with Crippen molar-refractivity contribution in [2.75, 3.05) is 13.2 Å². The molecule has 35 heavy (non-hydrogen) atoms. The SMILES string of the molecule is Cc1nc(/C=C(\F)[C@@H]2C/C=C(/Cl)COC[C@H](C)[C@H](O)[C@@H](C)C(=O)C3(CCC3)[C@@H](O)CC(=O)O2)cs1. The van der Waals surface area contributed by atoms with Crippen LogP contribution in [-0.2, 0) is 19.1 Å². The van der Waals surface area contributed by atoms with Gasteiger partial charge in [0.05, 0.1) is 48.0 Å². The molecule has 194 valence electrons. The van der Waals surface area contributed by atoms with Crippen LogP contribution >= 0.6 is 22.9 Å². The molecular weight excluding hydrogens is 497 g/mol. The average molecular weight is 530 g/mol. The van der Waals surface area contributed by atoms with Crippen molar-refractivity contribution in [1.82, 2.24) is 4.98 Å². The van der Waals surface area contributed by atoms with Gasteiger partial charge in [0.25, 0.3) is 0 Å². The number of cyclic esters (lactones) is 1. The lowest BCUT2D eigenvalue weighted by Crippen LogP contribution is -2.53. The molecule has 1 aliphatic heterocycles. The summed E-state index contributed by atoms with van der Waals surface area (Å²) in [6.07, 6.45) is 0.243. The van der Waals surface area contributed by atoms with E-state index in [9.17, 15) is 19.8 Å². The van der Waals surface area contributed by atoms with E-state index in [4.69, 9.17) is 21.1 Å². The first-order valence-electron chi connectivity index (χ1n) is 11.8. The number of aliphatic hydroxyl groups excluding tert-OH is 2. The lowest BCUT2D eigenvalue weighted by molar-refractivity contribution is -0.162. The number of ether oxygens (including phenoxy) is 2. The molecule has 1 aromatic heterocycles. The molecule has 1 saturated carbocycles. The molecule has 1 fully saturated rings. The van der Waals surface area contributed by atoms with Gasteiger partial charge in [0.2, 0.25) is 0 Å². The normalized spacial score (nSPS) is 33.1. The van der Waals surface area contributed by atoms with Gasteiger partial charge in [0, 0.05) is 34.7 Å². The number of aromatic nitrogens is 1. The van der Waals surface area contributed by atoms with Gasteiger partial charge in [0.1, 0.15) is 11.6 Å². The molecule has 0 aromatic carbocycles. The Bertz CT molecular complexity index is 975. The Hall–Kier alpha value is -1.65.